The van der Waals surface area contributed by atoms with Crippen LogP contribution in [0, 0.1) is 11.8 Å². The molecule has 0 saturated carbocycles. The van der Waals surface area contributed by atoms with Crippen molar-refractivity contribution < 1.29 is 4.79 Å². The van der Waals surface area contributed by atoms with E-state index >= 15 is 0 Å². The molecule has 0 aliphatic carbocycles. The number of rotatable bonds is 2. The highest BCUT2D eigenvalue weighted by Crippen LogP contribution is 2.19. The second kappa shape index (κ2) is 3.84. The van der Waals surface area contributed by atoms with Crippen LogP contribution in [0.2, 0.25) is 0 Å². The highest BCUT2D eigenvalue weighted by molar-refractivity contribution is 5.97. The Morgan fingerprint density at radius 2 is 2.14 bits per heavy atom. The summed E-state index contributed by atoms with van der Waals surface area (Å²) < 4.78 is 0. The molecule has 1 N–H and O–H groups in total. The van der Waals surface area contributed by atoms with E-state index in [0.717, 1.165) is 13.1 Å². The van der Waals surface area contributed by atoms with Gasteiger partial charge >= 0.3 is 0 Å². The van der Waals surface area contributed by atoms with Crippen LogP contribution in [0.5, 0.6) is 0 Å². The maximum absolute atomic E-state index is 11.9. The molecule has 0 aromatic carbocycles. The molecular weight excluding hydrogens is 178 g/mol. The summed E-state index contributed by atoms with van der Waals surface area (Å²) in [7, 11) is 0. The fourth-order valence-corrected chi connectivity index (χ4v) is 1.80. The summed E-state index contributed by atoms with van der Waals surface area (Å²) in [5, 5.41) is 3.21. The van der Waals surface area contributed by atoms with Gasteiger partial charge in [0, 0.05) is 24.9 Å². The maximum Gasteiger partial charge on any atom is 0.170 e. The molecule has 2 heterocycles. The van der Waals surface area contributed by atoms with Gasteiger partial charge < -0.3 is 5.32 Å². The van der Waals surface area contributed by atoms with E-state index in [1.807, 2.05) is 0 Å². The predicted octanol–water partition coefficient (Wildman–Crippen LogP) is 0.515. The minimum Gasteiger partial charge on any atom is -0.316 e. The van der Waals surface area contributed by atoms with Crippen molar-refractivity contribution in [3.63, 3.8) is 0 Å². The number of hydrogen-bond acceptors (Lipinski definition) is 4. The molecule has 1 aromatic heterocycles. The summed E-state index contributed by atoms with van der Waals surface area (Å²) in [5.41, 5.74) is 0.619. The standard InChI is InChI=1S/C10H13N3O/c1-7-2-11-5-9(7)10(14)8-3-12-6-13-4-8/h3-4,6-7,9,11H,2,5H2,1H3. The lowest BCUT2D eigenvalue weighted by molar-refractivity contribution is 0.0907. The first kappa shape index (κ1) is 9.27. The van der Waals surface area contributed by atoms with Crippen molar-refractivity contribution in [3.05, 3.63) is 24.3 Å². The Morgan fingerprint density at radius 3 is 2.71 bits per heavy atom. The zero-order chi connectivity index (χ0) is 9.97. The second-order valence-corrected chi connectivity index (χ2v) is 3.73. The van der Waals surface area contributed by atoms with Crippen LogP contribution in [0.25, 0.3) is 0 Å². The van der Waals surface area contributed by atoms with Crippen LogP contribution in [0.15, 0.2) is 18.7 Å². The normalized spacial score (nSPS) is 26.4. The number of Topliss-reactive ketones (excluding diaryl/α,β-unsaturated/α-hetero) is 1. The van der Waals surface area contributed by atoms with Gasteiger partial charge in [0.05, 0.1) is 5.56 Å². The van der Waals surface area contributed by atoms with Gasteiger partial charge in [-0.05, 0) is 12.5 Å². The summed E-state index contributed by atoms with van der Waals surface area (Å²) in [6.07, 6.45) is 4.61. The summed E-state index contributed by atoms with van der Waals surface area (Å²) in [6, 6.07) is 0. The van der Waals surface area contributed by atoms with E-state index in [1.54, 1.807) is 12.4 Å². The Labute approximate surface area is 82.8 Å². The lowest BCUT2D eigenvalue weighted by Crippen LogP contribution is -2.21. The molecule has 0 amide bonds. The summed E-state index contributed by atoms with van der Waals surface area (Å²) in [4.78, 5) is 19.6. The molecule has 0 bridgehead atoms. The highest BCUT2D eigenvalue weighted by Gasteiger charge is 2.30. The van der Waals surface area contributed by atoms with Crippen LogP contribution < -0.4 is 5.32 Å². The number of carbonyl (C=O) groups excluding carboxylic acids is 1. The Bertz CT molecular complexity index is 325. The van der Waals surface area contributed by atoms with Crippen LogP contribution in [-0.2, 0) is 0 Å². The van der Waals surface area contributed by atoms with Gasteiger partial charge in [-0.25, -0.2) is 9.97 Å². The van der Waals surface area contributed by atoms with E-state index in [2.05, 4.69) is 22.2 Å². The largest absolute Gasteiger partial charge is 0.316 e. The third-order valence-electron chi connectivity index (χ3n) is 2.70. The molecule has 74 valence electrons. The molecule has 2 unspecified atom stereocenters. The van der Waals surface area contributed by atoms with E-state index in [-0.39, 0.29) is 11.7 Å². The molecule has 2 atom stereocenters. The summed E-state index contributed by atoms with van der Waals surface area (Å²) in [6.45, 7) is 3.78. The van der Waals surface area contributed by atoms with Crippen molar-refractivity contribution in [1.29, 1.82) is 0 Å². The Balaban J connectivity index is 2.16. The highest BCUT2D eigenvalue weighted by atomic mass is 16.1. The van der Waals surface area contributed by atoms with Gasteiger partial charge in [-0.15, -0.1) is 0 Å². The topological polar surface area (TPSA) is 54.9 Å². The van der Waals surface area contributed by atoms with Crippen LogP contribution in [0.4, 0.5) is 0 Å². The van der Waals surface area contributed by atoms with Crippen molar-refractivity contribution in [3.8, 4) is 0 Å². The molecule has 4 heteroatoms. The fraction of sp³-hybridized carbons (Fsp3) is 0.500. The van der Waals surface area contributed by atoms with E-state index in [0.29, 0.717) is 11.5 Å². The summed E-state index contributed by atoms with van der Waals surface area (Å²) in [5.74, 6) is 0.645. The molecule has 1 aliphatic heterocycles. The van der Waals surface area contributed by atoms with Crippen LogP contribution >= 0.6 is 0 Å². The van der Waals surface area contributed by atoms with Crippen molar-refractivity contribution in [2.24, 2.45) is 11.8 Å². The van der Waals surface area contributed by atoms with Crippen molar-refractivity contribution in [2.45, 2.75) is 6.92 Å². The smallest absolute Gasteiger partial charge is 0.170 e. The zero-order valence-electron chi connectivity index (χ0n) is 8.10. The average molecular weight is 191 g/mol. The van der Waals surface area contributed by atoms with Gasteiger partial charge in [-0.3, -0.25) is 4.79 Å². The Kier molecular flexibility index (Phi) is 2.54. The third kappa shape index (κ3) is 1.65. The first-order chi connectivity index (χ1) is 6.79. The molecule has 1 saturated heterocycles. The minimum atomic E-state index is 0.0843. The second-order valence-electron chi connectivity index (χ2n) is 3.73. The average Bonchev–Trinajstić information content (AvgIpc) is 2.65. The zero-order valence-corrected chi connectivity index (χ0v) is 8.10. The molecule has 1 aliphatic rings. The Hall–Kier alpha value is -1.29. The fourth-order valence-electron chi connectivity index (χ4n) is 1.80. The quantitative estimate of drug-likeness (QED) is 0.692. The van der Waals surface area contributed by atoms with Crippen molar-refractivity contribution in [1.82, 2.24) is 15.3 Å². The minimum absolute atomic E-state index is 0.0843. The first-order valence-corrected chi connectivity index (χ1v) is 4.79. The van der Waals surface area contributed by atoms with E-state index in [4.69, 9.17) is 0 Å². The molecular formula is C10H13N3O. The van der Waals surface area contributed by atoms with E-state index < -0.39 is 0 Å². The summed E-state index contributed by atoms with van der Waals surface area (Å²) >= 11 is 0. The molecule has 2 rings (SSSR count). The Morgan fingerprint density at radius 1 is 1.43 bits per heavy atom. The van der Waals surface area contributed by atoms with Gasteiger partial charge in [0.25, 0.3) is 0 Å². The van der Waals surface area contributed by atoms with Crippen LogP contribution in [-0.4, -0.2) is 28.8 Å². The third-order valence-corrected chi connectivity index (χ3v) is 2.70. The number of carbonyl (C=O) groups is 1. The number of nitrogens with one attached hydrogen (secondary N) is 1. The predicted molar refractivity (Wildman–Crippen MR) is 51.9 cm³/mol. The van der Waals surface area contributed by atoms with E-state index in [1.165, 1.54) is 6.33 Å². The molecule has 4 nitrogen and oxygen atoms in total. The van der Waals surface area contributed by atoms with Gasteiger partial charge in [0.1, 0.15) is 6.33 Å². The number of hydrogen-bond donors (Lipinski definition) is 1. The number of ketones is 1. The van der Waals surface area contributed by atoms with Crippen LogP contribution in [0.3, 0.4) is 0 Å². The lowest BCUT2D eigenvalue weighted by Gasteiger charge is -2.11. The molecule has 1 fully saturated rings. The van der Waals surface area contributed by atoms with Gasteiger partial charge in [-0.1, -0.05) is 6.92 Å². The SMILES string of the molecule is CC1CNCC1C(=O)c1cncnc1. The molecule has 0 spiro atoms. The van der Waals surface area contributed by atoms with Crippen LogP contribution in [0.1, 0.15) is 17.3 Å². The van der Waals surface area contributed by atoms with Gasteiger partial charge in [0.2, 0.25) is 0 Å². The van der Waals surface area contributed by atoms with Gasteiger partial charge in [0.15, 0.2) is 5.78 Å². The van der Waals surface area contributed by atoms with Crippen molar-refractivity contribution in [2.75, 3.05) is 13.1 Å². The number of nitrogens with zero attached hydrogens (tertiary/aromatic N) is 2. The number of aromatic nitrogens is 2. The monoisotopic (exact) mass is 191 g/mol. The lowest BCUT2D eigenvalue weighted by atomic mass is 9.91. The molecule has 14 heavy (non-hydrogen) atoms. The maximum atomic E-state index is 11.9. The molecule has 1 aromatic rings. The van der Waals surface area contributed by atoms with Gasteiger partial charge in [-0.2, -0.15) is 0 Å². The first-order valence-electron chi connectivity index (χ1n) is 4.79. The molecule has 0 radical (unpaired) electrons. The van der Waals surface area contributed by atoms with E-state index in [9.17, 15) is 4.79 Å². The van der Waals surface area contributed by atoms with Crippen molar-refractivity contribution >= 4 is 5.78 Å².